The van der Waals surface area contributed by atoms with E-state index in [1.807, 2.05) is 18.2 Å². The number of carbonyl (C=O) groups excluding carboxylic acids is 3. The van der Waals surface area contributed by atoms with Crippen molar-refractivity contribution in [3.8, 4) is 11.1 Å². The van der Waals surface area contributed by atoms with Gasteiger partial charge in [0.25, 0.3) is 0 Å². The number of ketones is 2. The Morgan fingerprint density at radius 3 is 2.62 bits per heavy atom. The molecule has 2 heterocycles. The lowest BCUT2D eigenvalue weighted by atomic mass is 9.95. The zero-order chi connectivity index (χ0) is 28.0. The first kappa shape index (κ1) is 26.0. The minimum Gasteiger partial charge on any atom is -0.328 e. The molecule has 2 aliphatic rings. The van der Waals surface area contributed by atoms with Crippen molar-refractivity contribution in [1.29, 1.82) is 0 Å². The molecule has 0 N–H and O–H groups in total. The summed E-state index contributed by atoms with van der Waals surface area (Å²) in [7, 11) is 0. The van der Waals surface area contributed by atoms with Gasteiger partial charge in [0.15, 0.2) is 11.6 Å². The minimum atomic E-state index is -1.36. The first-order valence-corrected chi connectivity index (χ1v) is 13.6. The quantitative estimate of drug-likeness (QED) is 0.298. The van der Waals surface area contributed by atoms with E-state index in [1.54, 1.807) is 42.5 Å². The number of nitrogens with zero attached hydrogens (tertiary/aromatic N) is 3. The Balaban J connectivity index is 1.22. The fourth-order valence-corrected chi connectivity index (χ4v) is 6.08. The molecular weight excluding hydrogens is 512 g/mol. The molecule has 1 saturated heterocycles. The maximum Gasteiger partial charge on any atom is 0.245 e. The number of rotatable bonds is 7. The van der Waals surface area contributed by atoms with Crippen molar-refractivity contribution in [3.05, 3.63) is 88.9 Å². The predicted octanol–water partition coefficient (Wildman–Crippen LogP) is 5.28. The van der Waals surface area contributed by atoms with Crippen LogP contribution in [0, 0.1) is 5.82 Å². The Bertz CT molecular complexity index is 1660. The number of para-hydroxylation sites is 1. The van der Waals surface area contributed by atoms with E-state index in [0.29, 0.717) is 16.5 Å². The van der Waals surface area contributed by atoms with Crippen LogP contribution in [-0.4, -0.2) is 50.9 Å². The molecule has 1 aliphatic carbocycles. The van der Waals surface area contributed by atoms with Gasteiger partial charge in [-0.3, -0.25) is 19.1 Å². The van der Waals surface area contributed by atoms with Crippen LogP contribution in [-0.2, 0) is 35.4 Å². The lowest BCUT2D eigenvalue weighted by Gasteiger charge is -2.23. The Morgan fingerprint density at radius 2 is 1.80 bits per heavy atom. The minimum absolute atomic E-state index is 0.130. The third-order valence-electron chi connectivity index (χ3n) is 8.07. The zero-order valence-electron chi connectivity index (χ0n) is 22.2. The Kier molecular flexibility index (Phi) is 6.78. The van der Waals surface area contributed by atoms with Crippen molar-refractivity contribution in [1.82, 2.24) is 14.7 Å². The van der Waals surface area contributed by atoms with Crippen LogP contribution >= 0.6 is 0 Å². The molecule has 204 valence electrons. The van der Waals surface area contributed by atoms with Crippen molar-refractivity contribution in [3.63, 3.8) is 0 Å². The van der Waals surface area contributed by atoms with Gasteiger partial charge in [0.1, 0.15) is 24.2 Å². The maximum absolute atomic E-state index is 15.6. The van der Waals surface area contributed by atoms with Gasteiger partial charge in [-0.15, -0.1) is 0 Å². The molecule has 40 heavy (non-hydrogen) atoms. The fraction of sp³-hybridized carbons (Fsp3) is 0.312. The van der Waals surface area contributed by atoms with E-state index >= 15 is 4.39 Å². The third kappa shape index (κ3) is 4.72. The van der Waals surface area contributed by atoms with Crippen LogP contribution < -0.4 is 0 Å². The van der Waals surface area contributed by atoms with E-state index in [4.69, 9.17) is 0 Å². The van der Waals surface area contributed by atoms with E-state index in [-0.39, 0.29) is 43.0 Å². The second-order valence-electron chi connectivity index (χ2n) is 10.7. The highest BCUT2D eigenvalue weighted by molar-refractivity contribution is 6.05. The van der Waals surface area contributed by atoms with Gasteiger partial charge in [0.2, 0.25) is 5.91 Å². The van der Waals surface area contributed by atoms with Crippen molar-refractivity contribution in [2.24, 2.45) is 0 Å². The van der Waals surface area contributed by atoms with E-state index in [0.717, 1.165) is 24.8 Å². The molecule has 0 bridgehead atoms. The first-order valence-electron chi connectivity index (χ1n) is 13.6. The van der Waals surface area contributed by atoms with E-state index in [2.05, 4.69) is 5.10 Å². The lowest BCUT2D eigenvalue weighted by molar-refractivity contribution is -0.138. The molecule has 6 nitrogen and oxygen atoms in total. The van der Waals surface area contributed by atoms with Crippen LogP contribution in [0.3, 0.4) is 0 Å². The maximum atomic E-state index is 15.6. The van der Waals surface area contributed by atoms with E-state index in [9.17, 15) is 18.8 Å². The summed E-state index contributed by atoms with van der Waals surface area (Å²) in [6.07, 6.45) is 1.37. The Labute approximate surface area is 230 Å². The number of halogens is 2. The molecule has 8 heteroatoms. The number of Topliss-reactive ketones (excluding diaryl/α,β-unsaturated/α-hetero) is 2. The number of hydrogen-bond acceptors (Lipinski definition) is 4. The summed E-state index contributed by atoms with van der Waals surface area (Å²) >= 11 is 0. The molecule has 0 radical (unpaired) electrons. The van der Waals surface area contributed by atoms with Crippen molar-refractivity contribution in [2.45, 2.75) is 57.8 Å². The molecule has 3 aromatic carbocycles. The average molecular weight is 542 g/mol. The van der Waals surface area contributed by atoms with Gasteiger partial charge in [-0.2, -0.15) is 5.10 Å². The fourth-order valence-electron chi connectivity index (χ4n) is 6.08. The Hall–Kier alpha value is -4.20. The summed E-state index contributed by atoms with van der Waals surface area (Å²) in [4.78, 5) is 40.0. The summed E-state index contributed by atoms with van der Waals surface area (Å²) in [6, 6.07) is 17.0. The smallest absolute Gasteiger partial charge is 0.245 e. The SMILES string of the molecule is CC(=O)c1nn(CC(=O)N2C[C@H](F)C[C@H]2C(=O)Cc2cccc(-c3ccc4c(c3)CCC4)c2F)c2ccccc12. The Morgan fingerprint density at radius 1 is 1.00 bits per heavy atom. The molecule has 0 saturated carbocycles. The second kappa shape index (κ2) is 10.4. The van der Waals surface area contributed by atoms with Crippen LogP contribution in [0.25, 0.3) is 22.0 Å². The summed E-state index contributed by atoms with van der Waals surface area (Å²) in [6.45, 7) is 0.945. The highest BCUT2D eigenvalue weighted by atomic mass is 19.1. The third-order valence-corrected chi connectivity index (χ3v) is 8.07. The number of likely N-dealkylation sites (tertiary alicyclic amines) is 1. The van der Waals surface area contributed by atoms with Gasteiger partial charge in [-0.05, 0) is 47.6 Å². The van der Waals surface area contributed by atoms with Crippen LogP contribution in [0.2, 0.25) is 0 Å². The lowest BCUT2D eigenvalue weighted by Crippen LogP contribution is -2.43. The van der Waals surface area contributed by atoms with Crippen molar-refractivity contribution < 1.29 is 23.2 Å². The van der Waals surface area contributed by atoms with Crippen LogP contribution in [0.15, 0.2) is 60.7 Å². The van der Waals surface area contributed by atoms with Gasteiger partial charge in [-0.1, -0.05) is 54.6 Å². The normalized spacial score (nSPS) is 18.3. The van der Waals surface area contributed by atoms with E-state index in [1.165, 1.54) is 27.6 Å². The summed E-state index contributed by atoms with van der Waals surface area (Å²) in [5.74, 6) is -1.59. The molecule has 0 spiro atoms. The largest absolute Gasteiger partial charge is 0.328 e. The summed E-state index contributed by atoms with van der Waals surface area (Å²) in [5, 5.41) is 4.94. The number of hydrogen-bond donors (Lipinski definition) is 0. The van der Waals surface area contributed by atoms with Crippen molar-refractivity contribution in [2.75, 3.05) is 6.54 Å². The molecule has 1 amide bonds. The number of fused-ring (bicyclic) bond motifs is 2. The van der Waals surface area contributed by atoms with Gasteiger partial charge >= 0.3 is 0 Å². The van der Waals surface area contributed by atoms with Crippen LogP contribution in [0.4, 0.5) is 8.78 Å². The number of benzene rings is 3. The van der Waals surface area contributed by atoms with Gasteiger partial charge in [0.05, 0.1) is 18.1 Å². The molecule has 1 aliphatic heterocycles. The van der Waals surface area contributed by atoms with Crippen molar-refractivity contribution >= 4 is 28.4 Å². The van der Waals surface area contributed by atoms with E-state index < -0.39 is 29.7 Å². The molecule has 4 aromatic rings. The number of carbonyl (C=O) groups is 3. The number of amides is 1. The molecule has 1 aromatic heterocycles. The second-order valence-corrected chi connectivity index (χ2v) is 10.7. The highest BCUT2D eigenvalue weighted by Gasteiger charge is 2.40. The average Bonchev–Trinajstić information content (AvgIpc) is 3.66. The van der Waals surface area contributed by atoms with Gasteiger partial charge in [-0.25, -0.2) is 8.78 Å². The van der Waals surface area contributed by atoms with Gasteiger partial charge in [0, 0.05) is 30.7 Å². The number of alkyl halides is 1. The topological polar surface area (TPSA) is 72.3 Å². The highest BCUT2D eigenvalue weighted by Crippen LogP contribution is 2.31. The monoisotopic (exact) mass is 541 g/mol. The molecule has 2 atom stereocenters. The zero-order valence-corrected chi connectivity index (χ0v) is 22.2. The molecule has 0 unspecified atom stereocenters. The summed E-state index contributed by atoms with van der Waals surface area (Å²) < 4.78 is 31.6. The molecule has 6 rings (SSSR count). The number of aromatic nitrogens is 2. The predicted molar refractivity (Wildman–Crippen MR) is 147 cm³/mol. The summed E-state index contributed by atoms with van der Waals surface area (Å²) in [5.41, 5.74) is 4.79. The standard InChI is InChI=1S/C32H29F2N3O3/c1-19(38)32-26-9-2-3-11-27(26)37(35-32)18-30(40)36-17-24(33)16-28(36)29(39)15-23-8-5-10-25(31(23)34)22-13-12-20-6-4-7-21(20)14-22/h2-3,5,8-14,24,28H,4,6-7,15-18H2,1H3/t24-,28+/m1/s1. The van der Waals surface area contributed by atoms with Crippen LogP contribution in [0.5, 0.6) is 0 Å². The van der Waals surface area contributed by atoms with Crippen LogP contribution in [0.1, 0.15) is 46.9 Å². The first-order chi connectivity index (χ1) is 19.3. The number of aryl methyl sites for hydroxylation is 2. The van der Waals surface area contributed by atoms with Gasteiger partial charge < -0.3 is 4.90 Å². The molecular formula is C32H29F2N3O3. The molecule has 1 fully saturated rings.